The third-order valence-electron chi connectivity index (χ3n) is 5.27. The molecule has 1 aliphatic rings. The number of para-hydroxylation sites is 1. The largest absolute Gasteiger partial charge is 0.376 e. The van der Waals surface area contributed by atoms with Gasteiger partial charge in [-0.1, -0.05) is 35.1 Å². The Kier molecular flexibility index (Phi) is 6.36. The number of hydrogen-bond donors (Lipinski definition) is 0. The van der Waals surface area contributed by atoms with E-state index in [0.29, 0.717) is 16.4 Å². The van der Waals surface area contributed by atoms with E-state index < -0.39 is 15.7 Å². The van der Waals surface area contributed by atoms with Gasteiger partial charge in [0.05, 0.1) is 28.0 Å². The van der Waals surface area contributed by atoms with Crippen LogP contribution in [0.25, 0.3) is 10.2 Å². The third-order valence-corrected chi connectivity index (χ3v) is 8.04. The van der Waals surface area contributed by atoms with Crippen LogP contribution in [0.15, 0.2) is 47.4 Å². The minimum absolute atomic E-state index is 0.144. The van der Waals surface area contributed by atoms with Crippen LogP contribution >= 0.6 is 11.3 Å². The van der Waals surface area contributed by atoms with Crippen molar-refractivity contribution in [3.63, 3.8) is 0 Å². The number of benzene rings is 2. The Hall–Kier alpha value is -2.36. The van der Waals surface area contributed by atoms with Gasteiger partial charge in [0.2, 0.25) is 5.91 Å². The Morgan fingerprint density at radius 2 is 2.03 bits per heavy atom. The maximum absolute atomic E-state index is 14.1. The molecule has 1 unspecified atom stereocenters. The summed E-state index contributed by atoms with van der Waals surface area (Å²) in [5, 5.41) is 0.355. The maximum Gasteiger partial charge on any atom is 0.229 e. The molecule has 0 bridgehead atoms. The number of carbonyl (C=O) groups excluding carboxylic acids is 1. The molecule has 1 aromatic heterocycles. The van der Waals surface area contributed by atoms with Crippen molar-refractivity contribution in [2.24, 2.45) is 0 Å². The van der Waals surface area contributed by atoms with E-state index in [1.807, 2.05) is 6.92 Å². The second-order valence-corrected chi connectivity index (χ2v) is 10.7. The van der Waals surface area contributed by atoms with Crippen LogP contribution in [-0.4, -0.2) is 44.3 Å². The average Bonchev–Trinajstić information content (AvgIpc) is 3.41. The van der Waals surface area contributed by atoms with E-state index in [1.54, 1.807) is 36.4 Å². The van der Waals surface area contributed by atoms with Gasteiger partial charge in [0.1, 0.15) is 11.3 Å². The number of anilines is 1. The maximum atomic E-state index is 14.1. The Labute approximate surface area is 184 Å². The molecule has 1 saturated heterocycles. The molecule has 4 rings (SSSR count). The highest BCUT2D eigenvalue weighted by molar-refractivity contribution is 7.91. The van der Waals surface area contributed by atoms with Crippen LogP contribution in [-0.2, 0) is 19.4 Å². The molecule has 3 aromatic rings. The third kappa shape index (κ3) is 4.94. The van der Waals surface area contributed by atoms with Crippen molar-refractivity contribution >= 4 is 42.4 Å². The number of thiazole rings is 1. The minimum atomic E-state index is -3.60. The minimum Gasteiger partial charge on any atom is -0.376 e. The fourth-order valence-corrected chi connectivity index (χ4v) is 5.75. The molecule has 2 heterocycles. The Balaban J connectivity index is 1.56. The molecular formula is C22H23FN2O4S2. The molecule has 0 N–H and O–H groups in total. The zero-order valence-corrected chi connectivity index (χ0v) is 18.7. The molecule has 1 amide bonds. The van der Waals surface area contributed by atoms with Crippen LogP contribution < -0.4 is 4.90 Å². The van der Waals surface area contributed by atoms with Gasteiger partial charge in [0, 0.05) is 13.0 Å². The Morgan fingerprint density at radius 1 is 1.26 bits per heavy atom. The van der Waals surface area contributed by atoms with Crippen molar-refractivity contribution in [1.82, 2.24) is 4.98 Å². The Morgan fingerprint density at radius 3 is 2.71 bits per heavy atom. The van der Waals surface area contributed by atoms with Gasteiger partial charge < -0.3 is 4.74 Å². The zero-order chi connectivity index (χ0) is 22.0. The number of aryl methyl sites for hydroxylation is 1. The van der Waals surface area contributed by atoms with Crippen molar-refractivity contribution in [2.45, 2.75) is 37.2 Å². The molecule has 9 heteroatoms. The van der Waals surface area contributed by atoms with Gasteiger partial charge in [-0.3, -0.25) is 9.69 Å². The fraction of sp³-hybridized carbons (Fsp3) is 0.364. The molecule has 6 nitrogen and oxygen atoms in total. The topological polar surface area (TPSA) is 76.6 Å². The molecule has 0 saturated carbocycles. The highest BCUT2D eigenvalue weighted by Crippen LogP contribution is 2.31. The molecule has 0 aliphatic carbocycles. The number of hydrogen-bond acceptors (Lipinski definition) is 6. The highest BCUT2D eigenvalue weighted by Gasteiger charge is 2.28. The van der Waals surface area contributed by atoms with Gasteiger partial charge in [-0.15, -0.1) is 0 Å². The highest BCUT2D eigenvalue weighted by atomic mass is 32.2. The second-order valence-electron chi connectivity index (χ2n) is 7.60. The number of sulfone groups is 1. The summed E-state index contributed by atoms with van der Waals surface area (Å²) in [6.07, 6.45) is 1.38. The lowest BCUT2D eigenvalue weighted by Crippen LogP contribution is -2.38. The van der Waals surface area contributed by atoms with Crippen molar-refractivity contribution in [2.75, 3.05) is 23.8 Å². The van der Waals surface area contributed by atoms with Crippen LogP contribution in [0.4, 0.5) is 9.52 Å². The molecule has 2 aromatic carbocycles. The van der Waals surface area contributed by atoms with E-state index in [0.717, 1.165) is 18.4 Å². The van der Waals surface area contributed by atoms with Gasteiger partial charge >= 0.3 is 0 Å². The number of rotatable bonds is 7. The first-order valence-electron chi connectivity index (χ1n) is 10.1. The summed E-state index contributed by atoms with van der Waals surface area (Å²) in [6, 6.07) is 11.2. The van der Waals surface area contributed by atoms with Crippen LogP contribution in [0.3, 0.4) is 0 Å². The van der Waals surface area contributed by atoms with Gasteiger partial charge in [-0.05, 0) is 44.0 Å². The number of amides is 1. The average molecular weight is 463 g/mol. The second kappa shape index (κ2) is 9.02. The quantitative estimate of drug-likeness (QED) is 0.528. The standard InChI is InChI=1S/C22H23FN2O4S2/c1-15-7-9-17(10-8-15)31(27,28)13-11-20(26)25(14-16-4-3-12-29-16)22-24-21-18(23)5-2-6-19(21)30-22/h2,5-10,16H,3-4,11-14H2,1H3. The summed E-state index contributed by atoms with van der Waals surface area (Å²) >= 11 is 1.21. The first-order valence-corrected chi connectivity index (χ1v) is 12.6. The summed E-state index contributed by atoms with van der Waals surface area (Å²) < 4.78 is 45.8. The lowest BCUT2D eigenvalue weighted by atomic mass is 10.2. The number of ether oxygens (including phenoxy) is 1. The van der Waals surface area contributed by atoms with E-state index in [-0.39, 0.29) is 41.1 Å². The fourth-order valence-electron chi connectivity index (χ4n) is 3.52. The number of aromatic nitrogens is 1. The van der Waals surface area contributed by atoms with E-state index in [4.69, 9.17) is 4.74 Å². The molecule has 0 radical (unpaired) electrons. The van der Waals surface area contributed by atoms with Crippen molar-refractivity contribution in [3.8, 4) is 0 Å². The monoisotopic (exact) mass is 462 g/mol. The number of fused-ring (bicyclic) bond motifs is 1. The summed E-state index contributed by atoms with van der Waals surface area (Å²) in [7, 11) is -3.60. The lowest BCUT2D eigenvalue weighted by Gasteiger charge is -2.23. The van der Waals surface area contributed by atoms with Crippen LogP contribution in [0.1, 0.15) is 24.8 Å². The van der Waals surface area contributed by atoms with Crippen molar-refractivity contribution < 1.29 is 22.3 Å². The number of halogens is 1. The summed E-state index contributed by atoms with van der Waals surface area (Å²) in [6.45, 7) is 2.78. The molecule has 164 valence electrons. The number of carbonyl (C=O) groups is 1. The van der Waals surface area contributed by atoms with Crippen LogP contribution in [0.5, 0.6) is 0 Å². The van der Waals surface area contributed by atoms with Gasteiger partial charge in [-0.2, -0.15) is 0 Å². The summed E-state index contributed by atoms with van der Waals surface area (Å²) in [5.74, 6) is -1.13. The first kappa shape index (κ1) is 21.9. The van der Waals surface area contributed by atoms with E-state index in [1.165, 1.54) is 22.3 Å². The normalized spacial score (nSPS) is 16.6. The predicted molar refractivity (Wildman–Crippen MR) is 119 cm³/mol. The smallest absolute Gasteiger partial charge is 0.229 e. The SMILES string of the molecule is Cc1ccc(S(=O)(=O)CCC(=O)N(CC2CCCO2)c2nc3c(F)cccc3s2)cc1. The van der Waals surface area contributed by atoms with E-state index in [2.05, 4.69) is 4.98 Å². The van der Waals surface area contributed by atoms with Gasteiger partial charge in [-0.25, -0.2) is 17.8 Å². The first-order chi connectivity index (χ1) is 14.8. The van der Waals surface area contributed by atoms with Gasteiger partial charge in [0.15, 0.2) is 15.0 Å². The molecule has 1 fully saturated rings. The zero-order valence-electron chi connectivity index (χ0n) is 17.1. The summed E-state index contributed by atoms with van der Waals surface area (Å²) in [4.78, 5) is 19.1. The lowest BCUT2D eigenvalue weighted by molar-refractivity contribution is -0.118. The van der Waals surface area contributed by atoms with E-state index >= 15 is 0 Å². The molecular weight excluding hydrogens is 439 g/mol. The van der Waals surface area contributed by atoms with Gasteiger partial charge in [0.25, 0.3) is 0 Å². The molecule has 1 atom stereocenters. The van der Waals surface area contributed by atoms with Crippen LogP contribution in [0.2, 0.25) is 0 Å². The van der Waals surface area contributed by atoms with Crippen molar-refractivity contribution in [1.29, 1.82) is 0 Å². The predicted octanol–water partition coefficient (Wildman–Crippen LogP) is 4.12. The molecule has 31 heavy (non-hydrogen) atoms. The van der Waals surface area contributed by atoms with E-state index in [9.17, 15) is 17.6 Å². The number of nitrogens with zero attached hydrogens (tertiary/aromatic N) is 2. The summed E-state index contributed by atoms with van der Waals surface area (Å²) in [5.41, 5.74) is 1.17. The molecule has 0 spiro atoms. The van der Waals surface area contributed by atoms with Crippen molar-refractivity contribution in [3.05, 3.63) is 53.8 Å². The Bertz CT molecular complexity index is 1190. The molecule has 1 aliphatic heterocycles. The van der Waals surface area contributed by atoms with Crippen LogP contribution in [0, 0.1) is 12.7 Å².